The minimum absolute atomic E-state index is 0.0352. The zero-order valence-electron chi connectivity index (χ0n) is 11.3. The maximum atomic E-state index is 13.6. The quantitative estimate of drug-likeness (QED) is 0.777. The number of nitrogens with two attached hydrogens (primary N) is 1. The Morgan fingerprint density at radius 3 is 2.79 bits per heavy atom. The van der Waals surface area contributed by atoms with Crippen LogP contribution in [0.1, 0.15) is 32.6 Å². The molecule has 2 heterocycles. The van der Waals surface area contributed by atoms with Crippen LogP contribution in [0.3, 0.4) is 0 Å². The van der Waals surface area contributed by atoms with E-state index in [0.717, 1.165) is 26.1 Å². The number of alkyl halides is 1. The first kappa shape index (κ1) is 14.4. The van der Waals surface area contributed by atoms with E-state index in [1.54, 1.807) is 0 Å². The van der Waals surface area contributed by atoms with E-state index >= 15 is 0 Å². The topological polar surface area (TPSA) is 67.9 Å². The summed E-state index contributed by atoms with van der Waals surface area (Å²) in [6.07, 6.45) is 1.57. The van der Waals surface area contributed by atoms with Gasteiger partial charge in [0.2, 0.25) is 0 Å². The fourth-order valence-electron chi connectivity index (χ4n) is 2.59. The molecule has 2 atom stereocenters. The smallest absolute Gasteiger partial charge is 0.160 e. The minimum Gasteiger partial charge on any atom is -0.381 e. The van der Waals surface area contributed by atoms with E-state index in [1.165, 1.54) is 5.01 Å². The van der Waals surface area contributed by atoms with Crippen LogP contribution in [-0.4, -0.2) is 48.6 Å². The van der Waals surface area contributed by atoms with E-state index in [0.29, 0.717) is 18.8 Å². The Kier molecular flexibility index (Phi) is 4.87. The van der Waals surface area contributed by atoms with Crippen molar-refractivity contribution in [3.63, 3.8) is 0 Å². The lowest BCUT2D eigenvalue weighted by molar-refractivity contribution is -0.119. The molecule has 2 N–H and O–H groups in total. The van der Waals surface area contributed by atoms with E-state index in [2.05, 4.69) is 4.99 Å². The highest BCUT2D eigenvalue weighted by Crippen LogP contribution is 2.20. The summed E-state index contributed by atoms with van der Waals surface area (Å²) in [4.78, 5) is 15.9. The van der Waals surface area contributed by atoms with Gasteiger partial charge in [0.25, 0.3) is 0 Å². The molecule has 2 saturated heterocycles. The lowest BCUT2D eigenvalue weighted by atomic mass is 9.94. The van der Waals surface area contributed by atoms with Gasteiger partial charge in [-0.15, -0.1) is 0 Å². The third-order valence-electron chi connectivity index (χ3n) is 3.84. The molecule has 5 nitrogen and oxygen atoms in total. The number of amidine groups is 1. The van der Waals surface area contributed by atoms with Crippen LogP contribution in [0.5, 0.6) is 0 Å². The number of carbonyl (C=O) groups is 1. The van der Waals surface area contributed by atoms with Crippen LogP contribution in [0.2, 0.25) is 0 Å². The van der Waals surface area contributed by atoms with Gasteiger partial charge >= 0.3 is 0 Å². The van der Waals surface area contributed by atoms with Crippen molar-refractivity contribution in [1.82, 2.24) is 5.01 Å². The van der Waals surface area contributed by atoms with Gasteiger partial charge in [0, 0.05) is 32.1 Å². The van der Waals surface area contributed by atoms with Gasteiger partial charge in [-0.05, 0) is 25.7 Å². The van der Waals surface area contributed by atoms with E-state index in [4.69, 9.17) is 10.6 Å². The highest BCUT2D eigenvalue weighted by atomic mass is 19.1. The first-order chi connectivity index (χ1) is 9.08. The molecular weight excluding hydrogens is 249 g/mol. The Morgan fingerprint density at radius 1 is 1.53 bits per heavy atom. The Hall–Kier alpha value is -1.01. The summed E-state index contributed by atoms with van der Waals surface area (Å²) < 4.78 is 18.9. The number of halogens is 1. The van der Waals surface area contributed by atoms with E-state index < -0.39 is 6.17 Å². The van der Waals surface area contributed by atoms with Crippen LogP contribution in [0.15, 0.2) is 4.99 Å². The van der Waals surface area contributed by atoms with Crippen LogP contribution >= 0.6 is 0 Å². The van der Waals surface area contributed by atoms with Crippen LogP contribution in [0.25, 0.3) is 0 Å². The SMILES string of the molecule is CC1CC(F)C(=NCC(=O)CC2CCOCC2)N1N. The second-order valence-corrected chi connectivity index (χ2v) is 5.43. The third kappa shape index (κ3) is 3.73. The number of hydrazine groups is 1. The van der Waals surface area contributed by atoms with Crippen molar-refractivity contribution in [2.75, 3.05) is 19.8 Å². The molecule has 2 fully saturated rings. The molecule has 0 aromatic rings. The van der Waals surface area contributed by atoms with Crippen LogP contribution in [0, 0.1) is 5.92 Å². The largest absolute Gasteiger partial charge is 0.381 e. The molecule has 0 aromatic heterocycles. The van der Waals surface area contributed by atoms with Crippen molar-refractivity contribution >= 4 is 11.6 Å². The maximum Gasteiger partial charge on any atom is 0.160 e. The molecule has 0 radical (unpaired) electrons. The Balaban J connectivity index is 1.82. The molecule has 2 aliphatic rings. The van der Waals surface area contributed by atoms with Gasteiger partial charge in [-0.1, -0.05) is 0 Å². The molecule has 2 aliphatic heterocycles. The third-order valence-corrected chi connectivity index (χ3v) is 3.84. The van der Waals surface area contributed by atoms with Crippen LogP contribution in [0.4, 0.5) is 4.39 Å². The van der Waals surface area contributed by atoms with Crippen molar-refractivity contribution in [3.05, 3.63) is 0 Å². The van der Waals surface area contributed by atoms with Crippen LogP contribution in [-0.2, 0) is 9.53 Å². The van der Waals surface area contributed by atoms with Gasteiger partial charge in [-0.25, -0.2) is 10.2 Å². The number of Topliss-reactive ketones (excluding diaryl/α,β-unsaturated/α-hetero) is 1. The molecule has 0 amide bonds. The monoisotopic (exact) mass is 271 g/mol. The summed E-state index contributed by atoms with van der Waals surface area (Å²) in [7, 11) is 0. The van der Waals surface area contributed by atoms with Gasteiger partial charge in [0.05, 0.1) is 6.54 Å². The summed E-state index contributed by atoms with van der Waals surface area (Å²) in [5.41, 5.74) is 0. The minimum atomic E-state index is -1.14. The van der Waals surface area contributed by atoms with Crippen molar-refractivity contribution in [3.8, 4) is 0 Å². The van der Waals surface area contributed by atoms with E-state index in [-0.39, 0.29) is 24.2 Å². The second-order valence-electron chi connectivity index (χ2n) is 5.43. The first-order valence-electron chi connectivity index (χ1n) is 6.89. The number of hydrogen-bond donors (Lipinski definition) is 1. The molecular formula is C13H22FN3O2. The zero-order chi connectivity index (χ0) is 13.8. The standard InChI is InChI=1S/C13H22FN3O2/c1-9-6-12(14)13(17(9)15)16-8-11(18)7-10-2-4-19-5-3-10/h9-10,12H,2-8,15H2,1H3. The zero-order valence-corrected chi connectivity index (χ0v) is 11.3. The Bertz CT molecular complexity index is 356. The average Bonchev–Trinajstić information content (AvgIpc) is 2.62. The summed E-state index contributed by atoms with van der Waals surface area (Å²) in [5, 5.41) is 1.34. The predicted molar refractivity (Wildman–Crippen MR) is 70.5 cm³/mol. The van der Waals surface area contributed by atoms with Gasteiger partial charge in [-0.2, -0.15) is 0 Å². The Labute approximate surface area is 113 Å². The highest BCUT2D eigenvalue weighted by molar-refractivity contribution is 5.91. The van der Waals surface area contributed by atoms with Gasteiger partial charge in [-0.3, -0.25) is 14.8 Å². The second kappa shape index (κ2) is 6.43. The van der Waals surface area contributed by atoms with Gasteiger partial charge in [0.15, 0.2) is 12.0 Å². The predicted octanol–water partition coefficient (Wildman–Crippen LogP) is 1.08. The summed E-state index contributed by atoms with van der Waals surface area (Å²) >= 11 is 0. The number of nitrogens with zero attached hydrogens (tertiary/aromatic N) is 2. The molecule has 0 aliphatic carbocycles. The van der Waals surface area contributed by atoms with E-state index in [1.807, 2.05) is 6.92 Å². The molecule has 108 valence electrons. The lowest BCUT2D eigenvalue weighted by Crippen LogP contribution is -2.39. The lowest BCUT2D eigenvalue weighted by Gasteiger charge is -2.21. The highest BCUT2D eigenvalue weighted by Gasteiger charge is 2.33. The number of rotatable bonds is 4. The summed E-state index contributed by atoms with van der Waals surface area (Å²) in [6.45, 7) is 3.34. The number of hydrogen-bond acceptors (Lipinski definition) is 4. The number of aliphatic imine (C=N–C) groups is 1. The summed E-state index contributed by atoms with van der Waals surface area (Å²) in [6, 6.07) is -0.0562. The normalized spacial score (nSPS) is 31.1. The molecule has 0 bridgehead atoms. The molecule has 2 rings (SSSR count). The molecule has 0 spiro atoms. The summed E-state index contributed by atoms with van der Waals surface area (Å²) in [5.74, 6) is 6.38. The molecule has 19 heavy (non-hydrogen) atoms. The van der Waals surface area contributed by atoms with Crippen molar-refractivity contribution in [2.24, 2.45) is 16.8 Å². The molecule has 6 heteroatoms. The van der Waals surface area contributed by atoms with Crippen LogP contribution < -0.4 is 5.84 Å². The number of ketones is 1. The molecule has 2 unspecified atom stereocenters. The van der Waals surface area contributed by atoms with Gasteiger partial charge in [0.1, 0.15) is 5.84 Å². The number of ether oxygens (including phenoxy) is 1. The molecule has 0 saturated carbocycles. The first-order valence-corrected chi connectivity index (χ1v) is 6.89. The van der Waals surface area contributed by atoms with Gasteiger partial charge < -0.3 is 4.74 Å². The maximum absolute atomic E-state index is 13.6. The Morgan fingerprint density at radius 2 is 2.21 bits per heavy atom. The average molecular weight is 271 g/mol. The fourth-order valence-corrected chi connectivity index (χ4v) is 2.59. The van der Waals surface area contributed by atoms with Crippen molar-refractivity contribution in [2.45, 2.75) is 44.8 Å². The van der Waals surface area contributed by atoms with E-state index in [9.17, 15) is 9.18 Å². The fraction of sp³-hybridized carbons (Fsp3) is 0.846. The molecule has 0 aromatic carbocycles. The van der Waals surface area contributed by atoms with Crippen molar-refractivity contribution in [1.29, 1.82) is 0 Å². The number of carbonyl (C=O) groups excluding carboxylic acids is 1. The van der Waals surface area contributed by atoms with Crippen molar-refractivity contribution < 1.29 is 13.9 Å².